The number of amides is 1. The molecule has 1 heterocycles. The Morgan fingerprint density at radius 1 is 1.44 bits per heavy atom. The smallest absolute Gasteiger partial charge is 0.238 e. The van der Waals surface area contributed by atoms with Gasteiger partial charge in [0.1, 0.15) is 0 Å². The fourth-order valence-electron chi connectivity index (χ4n) is 2.41. The lowest BCUT2D eigenvalue weighted by Gasteiger charge is -2.33. The largest absolute Gasteiger partial charge is 0.322 e. The van der Waals surface area contributed by atoms with Crippen LogP contribution in [0.2, 0.25) is 0 Å². The Kier molecular flexibility index (Phi) is 5.22. The maximum atomic E-state index is 11.8. The number of carbonyl (C=O) groups excluding carboxylic acids is 1. The molecular formula is C12H25N3O. The van der Waals surface area contributed by atoms with Crippen LogP contribution in [0.25, 0.3) is 0 Å². The molecule has 1 saturated heterocycles. The number of nitrogens with one attached hydrogen (secondary N) is 1. The minimum Gasteiger partial charge on any atom is -0.322 e. The first-order valence-corrected chi connectivity index (χ1v) is 6.40. The van der Waals surface area contributed by atoms with Gasteiger partial charge in [0.15, 0.2) is 0 Å². The van der Waals surface area contributed by atoms with Crippen molar-refractivity contribution in [3.63, 3.8) is 0 Å². The molecule has 0 spiro atoms. The molecule has 1 rings (SSSR count). The maximum absolute atomic E-state index is 11.8. The van der Waals surface area contributed by atoms with E-state index in [9.17, 15) is 4.79 Å². The third-order valence-corrected chi connectivity index (χ3v) is 3.39. The summed E-state index contributed by atoms with van der Waals surface area (Å²) in [5.74, 6) is 0.242. The highest BCUT2D eigenvalue weighted by Gasteiger charge is 2.32. The summed E-state index contributed by atoms with van der Waals surface area (Å²) in [6.45, 7) is 12.2. The van der Waals surface area contributed by atoms with Gasteiger partial charge in [-0.25, -0.2) is 0 Å². The lowest BCUT2D eigenvalue weighted by molar-refractivity contribution is -0.130. The van der Waals surface area contributed by atoms with Crippen LogP contribution in [0.1, 0.15) is 34.1 Å². The highest BCUT2D eigenvalue weighted by atomic mass is 16.2. The van der Waals surface area contributed by atoms with E-state index in [2.05, 4.69) is 37.9 Å². The average Bonchev–Trinajstić information content (AvgIpc) is 2.67. The summed E-state index contributed by atoms with van der Waals surface area (Å²) in [4.78, 5) is 16.2. The van der Waals surface area contributed by atoms with Gasteiger partial charge < -0.3 is 9.80 Å². The van der Waals surface area contributed by atoms with Crippen molar-refractivity contribution in [3.8, 4) is 0 Å². The Morgan fingerprint density at radius 2 is 2.06 bits per heavy atom. The van der Waals surface area contributed by atoms with Gasteiger partial charge in [0.25, 0.3) is 0 Å². The molecule has 0 bridgehead atoms. The number of nitrogens with zero attached hydrogens (tertiary/aromatic N) is 2. The maximum Gasteiger partial charge on any atom is 0.238 e. The highest BCUT2D eigenvalue weighted by Crippen LogP contribution is 2.13. The molecule has 16 heavy (non-hydrogen) atoms. The van der Waals surface area contributed by atoms with Crippen LogP contribution >= 0.6 is 0 Å². The summed E-state index contributed by atoms with van der Waals surface area (Å²) in [6.07, 6.45) is 1.21. The lowest BCUT2D eigenvalue weighted by atomic mass is 10.2. The van der Waals surface area contributed by atoms with E-state index in [0.717, 1.165) is 26.1 Å². The molecule has 0 radical (unpaired) electrons. The molecule has 4 nitrogen and oxygen atoms in total. The summed E-state index contributed by atoms with van der Waals surface area (Å²) in [6, 6.07) is 0.298. The average molecular weight is 227 g/mol. The molecule has 1 amide bonds. The van der Waals surface area contributed by atoms with Gasteiger partial charge in [-0.1, -0.05) is 20.8 Å². The van der Waals surface area contributed by atoms with E-state index in [0.29, 0.717) is 12.6 Å². The van der Waals surface area contributed by atoms with Crippen molar-refractivity contribution in [2.75, 3.05) is 26.2 Å². The molecule has 0 saturated carbocycles. The van der Waals surface area contributed by atoms with E-state index in [1.54, 1.807) is 0 Å². The predicted molar refractivity (Wildman–Crippen MR) is 66.2 cm³/mol. The summed E-state index contributed by atoms with van der Waals surface area (Å²) >= 11 is 0. The molecule has 1 aliphatic heterocycles. The molecule has 1 fully saturated rings. The Morgan fingerprint density at radius 3 is 2.56 bits per heavy atom. The predicted octanol–water partition coefficient (Wildman–Crippen LogP) is 0.885. The minimum absolute atomic E-state index is 0.234. The van der Waals surface area contributed by atoms with Crippen molar-refractivity contribution in [2.45, 2.75) is 46.3 Å². The van der Waals surface area contributed by atoms with Crippen LogP contribution in [0.5, 0.6) is 0 Å². The minimum atomic E-state index is 0.234. The van der Waals surface area contributed by atoms with Crippen LogP contribution in [0, 0.1) is 0 Å². The zero-order valence-electron chi connectivity index (χ0n) is 11.0. The zero-order chi connectivity index (χ0) is 12.1. The van der Waals surface area contributed by atoms with Gasteiger partial charge in [0.05, 0.1) is 12.7 Å². The number of hydrogen-bond acceptors (Lipinski definition) is 3. The van der Waals surface area contributed by atoms with Gasteiger partial charge in [0.2, 0.25) is 5.91 Å². The van der Waals surface area contributed by atoms with Crippen LogP contribution in [0.15, 0.2) is 0 Å². The molecule has 1 N–H and O–H groups in total. The Hall–Kier alpha value is -0.610. The first kappa shape index (κ1) is 13.5. The van der Waals surface area contributed by atoms with Gasteiger partial charge >= 0.3 is 0 Å². The van der Waals surface area contributed by atoms with E-state index < -0.39 is 0 Å². The van der Waals surface area contributed by atoms with Crippen molar-refractivity contribution in [1.82, 2.24) is 15.1 Å². The van der Waals surface area contributed by atoms with E-state index in [4.69, 9.17) is 0 Å². The van der Waals surface area contributed by atoms with Gasteiger partial charge in [-0.05, 0) is 26.4 Å². The lowest BCUT2D eigenvalue weighted by Crippen LogP contribution is -2.48. The normalized spacial score (nSPS) is 23.2. The molecule has 0 aliphatic carbocycles. The Balaban J connectivity index is 2.57. The quantitative estimate of drug-likeness (QED) is 0.732. The number of carbonyl (C=O) groups is 1. The van der Waals surface area contributed by atoms with Gasteiger partial charge in [0, 0.05) is 12.6 Å². The first-order valence-electron chi connectivity index (χ1n) is 6.40. The van der Waals surface area contributed by atoms with Crippen LogP contribution < -0.4 is 5.32 Å². The SMILES string of the molecule is CCC1NCC(=O)N1C(C)CN(CC)CC. The third-order valence-electron chi connectivity index (χ3n) is 3.39. The second-order valence-corrected chi connectivity index (χ2v) is 4.44. The van der Waals surface area contributed by atoms with Crippen molar-refractivity contribution >= 4 is 5.91 Å². The third kappa shape index (κ3) is 2.95. The first-order chi connectivity index (χ1) is 7.63. The second-order valence-electron chi connectivity index (χ2n) is 4.44. The van der Waals surface area contributed by atoms with Crippen molar-refractivity contribution in [3.05, 3.63) is 0 Å². The topological polar surface area (TPSA) is 35.6 Å². The van der Waals surface area contributed by atoms with E-state index in [1.807, 2.05) is 4.90 Å². The summed E-state index contributed by atoms with van der Waals surface area (Å²) in [7, 11) is 0. The highest BCUT2D eigenvalue weighted by molar-refractivity contribution is 5.81. The molecule has 0 aromatic rings. The fraction of sp³-hybridized carbons (Fsp3) is 0.917. The van der Waals surface area contributed by atoms with E-state index in [1.165, 1.54) is 0 Å². The van der Waals surface area contributed by atoms with E-state index in [-0.39, 0.29) is 12.1 Å². The monoisotopic (exact) mass is 227 g/mol. The fourth-order valence-corrected chi connectivity index (χ4v) is 2.41. The summed E-state index contributed by atoms with van der Waals surface area (Å²) in [5.41, 5.74) is 0. The van der Waals surface area contributed by atoms with Crippen LogP contribution in [-0.4, -0.2) is 54.1 Å². The van der Waals surface area contributed by atoms with Crippen molar-refractivity contribution in [2.24, 2.45) is 0 Å². The number of hydrogen-bond donors (Lipinski definition) is 1. The van der Waals surface area contributed by atoms with Crippen molar-refractivity contribution in [1.29, 1.82) is 0 Å². The molecule has 94 valence electrons. The van der Waals surface area contributed by atoms with Crippen molar-refractivity contribution < 1.29 is 4.79 Å². The van der Waals surface area contributed by atoms with Gasteiger partial charge in [-0.15, -0.1) is 0 Å². The Labute approximate surface area is 99.0 Å². The number of rotatable bonds is 6. The zero-order valence-corrected chi connectivity index (χ0v) is 11.0. The molecule has 4 heteroatoms. The molecule has 0 aromatic carbocycles. The molecule has 0 aromatic heterocycles. The Bertz CT molecular complexity index is 228. The molecular weight excluding hydrogens is 202 g/mol. The molecule has 2 atom stereocenters. The van der Waals surface area contributed by atoms with Crippen LogP contribution in [0.3, 0.4) is 0 Å². The van der Waals surface area contributed by atoms with E-state index >= 15 is 0 Å². The van der Waals surface area contributed by atoms with Gasteiger partial charge in [-0.3, -0.25) is 10.1 Å². The van der Waals surface area contributed by atoms with Gasteiger partial charge in [-0.2, -0.15) is 0 Å². The number of likely N-dealkylation sites (N-methyl/N-ethyl adjacent to an activating group) is 1. The van der Waals surface area contributed by atoms with Crippen LogP contribution in [-0.2, 0) is 4.79 Å². The standard InChI is InChI=1S/C12H25N3O/c1-5-11-13-8-12(16)15(11)10(4)9-14(6-2)7-3/h10-11,13H,5-9H2,1-4H3. The molecule has 2 unspecified atom stereocenters. The summed E-state index contributed by atoms with van der Waals surface area (Å²) < 4.78 is 0. The molecule has 1 aliphatic rings. The second kappa shape index (κ2) is 6.21. The summed E-state index contributed by atoms with van der Waals surface area (Å²) in [5, 5.41) is 3.25. The van der Waals surface area contributed by atoms with Crippen LogP contribution in [0.4, 0.5) is 0 Å².